The number of phenols is 1. The number of halogens is 2. The minimum absolute atomic E-state index is 0.124. The van der Waals surface area contributed by atoms with E-state index in [1.807, 2.05) is 0 Å². The third kappa shape index (κ3) is 2.03. The van der Waals surface area contributed by atoms with Gasteiger partial charge in [-0.15, -0.1) is 0 Å². The normalized spacial score (nSPS) is 16.1. The standard InChI is InChI=1S/C10H9BrClNO3/c11-5-1-7(9(15)8(12)2-5)10(16)13-3-6(14)4-13/h1-2,6,14-15H,3-4H2. The van der Waals surface area contributed by atoms with Gasteiger partial charge in [-0.25, -0.2) is 0 Å². The van der Waals surface area contributed by atoms with Gasteiger partial charge in [-0.05, 0) is 12.1 Å². The second kappa shape index (κ2) is 4.24. The van der Waals surface area contributed by atoms with Gasteiger partial charge in [0.2, 0.25) is 0 Å². The summed E-state index contributed by atoms with van der Waals surface area (Å²) in [6.45, 7) is 0.588. The highest BCUT2D eigenvalue weighted by Gasteiger charge is 2.31. The second-order valence-corrected chi connectivity index (χ2v) is 4.97. The molecule has 0 aromatic heterocycles. The summed E-state index contributed by atoms with van der Waals surface area (Å²) in [5.41, 5.74) is 0.145. The zero-order valence-corrected chi connectivity index (χ0v) is 10.5. The summed E-state index contributed by atoms with van der Waals surface area (Å²) >= 11 is 8.96. The van der Waals surface area contributed by atoms with Crippen molar-refractivity contribution < 1.29 is 15.0 Å². The molecule has 0 atom stereocenters. The summed E-state index contributed by atoms with van der Waals surface area (Å²) in [6.07, 6.45) is -0.464. The summed E-state index contributed by atoms with van der Waals surface area (Å²) in [5.74, 6) is -0.553. The predicted octanol–water partition coefficient (Wildman–Crippen LogP) is 1.62. The van der Waals surface area contributed by atoms with Crippen molar-refractivity contribution in [1.29, 1.82) is 0 Å². The van der Waals surface area contributed by atoms with Gasteiger partial charge in [0, 0.05) is 17.6 Å². The highest BCUT2D eigenvalue weighted by Crippen LogP contribution is 2.32. The predicted molar refractivity (Wildman–Crippen MR) is 62.7 cm³/mol. The second-order valence-electron chi connectivity index (χ2n) is 3.65. The van der Waals surface area contributed by atoms with Crippen molar-refractivity contribution in [1.82, 2.24) is 4.90 Å². The molecule has 1 aromatic carbocycles. The van der Waals surface area contributed by atoms with Crippen LogP contribution in [0.1, 0.15) is 10.4 Å². The van der Waals surface area contributed by atoms with Crippen molar-refractivity contribution in [3.05, 3.63) is 27.2 Å². The van der Waals surface area contributed by atoms with Crippen LogP contribution in [0.2, 0.25) is 5.02 Å². The number of rotatable bonds is 1. The first-order valence-electron chi connectivity index (χ1n) is 4.64. The number of likely N-dealkylation sites (tertiary alicyclic amines) is 1. The Balaban J connectivity index is 2.29. The number of amides is 1. The van der Waals surface area contributed by atoms with Gasteiger partial charge in [-0.2, -0.15) is 0 Å². The molecule has 0 unspecified atom stereocenters. The van der Waals surface area contributed by atoms with Crippen LogP contribution in [0.3, 0.4) is 0 Å². The average Bonchev–Trinajstić information content (AvgIpc) is 2.18. The molecule has 4 nitrogen and oxygen atoms in total. The van der Waals surface area contributed by atoms with E-state index in [0.717, 1.165) is 0 Å². The molecule has 1 heterocycles. The summed E-state index contributed by atoms with van der Waals surface area (Å²) in [7, 11) is 0. The van der Waals surface area contributed by atoms with Gasteiger partial charge in [-0.3, -0.25) is 4.79 Å². The van der Waals surface area contributed by atoms with E-state index in [0.29, 0.717) is 17.6 Å². The van der Waals surface area contributed by atoms with Crippen molar-refractivity contribution in [2.24, 2.45) is 0 Å². The number of hydrogen-bond donors (Lipinski definition) is 2. The molecule has 0 saturated carbocycles. The maximum absolute atomic E-state index is 11.9. The Kier molecular flexibility index (Phi) is 3.10. The van der Waals surface area contributed by atoms with E-state index in [-0.39, 0.29) is 22.2 Å². The minimum atomic E-state index is -0.464. The number of hydrogen-bond acceptors (Lipinski definition) is 3. The number of β-amino-alcohol motifs (C(OH)–C–C–N with tert-alkyl or cyclic N) is 1. The molecular formula is C10H9BrClNO3. The van der Waals surface area contributed by atoms with Gasteiger partial charge in [0.05, 0.1) is 16.7 Å². The zero-order chi connectivity index (χ0) is 11.9. The third-order valence-electron chi connectivity index (χ3n) is 2.41. The lowest BCUT2D eigenvalue weighted by atomic mass is 10.1. The van der Waals surface area contributed by atoms with E-state index in [9.17, 15) is 9.90 Å². The summed E-state index contributed by atoms with van der Waals surface area (Å²) < 4.78 is 0.625. The van der Waals surface area contributed by atoms with Gasteiger partial charge < -0.3 is 15.1 Å². The molecule has 1 aliphatic rings. The molecule has 0 bridgehead atoms. The molecule has 0 spiro atoms. The summed E-state index contributed by atoms with van der Waals surface area (Å²) in [4.78, 5) is 13.3. The fourth-order valence-corrected chi connectivity index (χ4v) is 2.33. The molecule has 1 fully saturated rings. The van der Waals surface area contributed by atoms with Gasteiger partial charge in [0.15, 0.2) is 0 Å². The zero-order valence-electron chi connectivity index (χ0n) is 8.15. The monoisotopic (exact) mass is 305 g/mol. The topological polar surface area (TPSA) is 60.8 Å². The van der Waals surface area contributed by atoms with E-state index in [1.165, 1.54) is 17.0 Å². The van der Waals surface area contributed by atoms with Crippen LogP contribution >= 0.6 is 27.5 Å². The van der Waals surface area contributed by atoms with E-state index < -0.39 is 6.10 Å². The van der Waals surface area contributed by atoms with Crippen LogP contribution in [-0.4, -0.2) is 40.2 Å². The molecule has 1 amide bonds. The Bertz CT molecular complexity index is 446. The van der Waals surface area contributed by atoms with Gasteiger partial charge in [0.25, 0.3) is 5.91 Å². The first-order chi connectivity index (χ1) is 7.49. The lowest BCUT2D eigenvalue weighted by Gasteiger charge is -2.36. The number of nitrogens with zero attached hydrogens (tertiary/aromatic N) is 1. The molecule has 1 aromatic rings. The van der Waals surface area contributed by atoms with Crippen molar-refractivity contribution in [2.45, 2.75) is 6.10 Å². The lowest BCUT2D eigenvalue weighted by molar-refractivity contribution is 0.00570. The van der Waals surface area contributed by atoms with Crippen molar-refractivity contribution in [3.63, 3.8) is 0 Å². The number of carbonyl (C=O) groups is 1. The maximum Gasteiger partial charge on any atom is 0.257 e. The number of aliphatic hydroxyl groups is 1. The quantitative estimate of drug-likeness (QED) is 0.829. The third-order valence-corrected chi connectivity index (χ3v) is 3.15. The number of benzene rings is 1. The molecule has 16 heavy (non-hydrogen) atoms. The molecular weight excluding hydrogens is 297 g/mol. The Morgan fingerprint density at radius 1 is 1.50 bits per heavy atom. The smallest absolute Gasteiger partial charge is 0.257 e. The maximum atomic E-state index is 11.9. The Morgan fingerprint density at radius 3 is 2.69 bits per heavy atom. The lowest BCUT2D eigenvalue weighted by Crippen LogP contribution is -2.53. The van der Waals surface area contributed by atoms with Crippen molar-refractivity contribution in [3.8, 4) is 5.75 Å². The van der Waals surface area contributed by atoms with Crippen LogP contribution in [0, 0.1) is 0 Å². The number of phenolic OH excluding ortho intramolecular Hbond substituents is 1. The van der Waals surface area contributed by atoms with Gasteiger partial charge in [0.1, 0.15) is 5.75 Å². The molecule has 1 saturated heterocycles. The van der Waals surface area contributed by atoms with Crippen LogP contribution in [-0.2, 0) is 0 Å². The Hall–Kier alpha value is -0.780. The molecule has 1 aliphatic heterocycles. The molecule has 0 aliphatic carbocycles. The molecule has 2 rings (SSSR count). The molecule has 0 radical (unpaired) electrons. The molecule has 6 heteroatoms. The van der Waals surface area contributed by atoms with Gasteiger partial charge in [-0.1, -0.05) is 27.5 Å². The molecule has 86 valence electrons. The summed E-state index contributed by atoms with van der Waals surface area (Å²) in [5, 5.41) is 18.9. The number of carbonyl (C=O) groups excluding carboxylic acids is 1. The van der Waals surface area contributed by atoms with Crippen LogP contribution < -0.4 is 0 Å². The minimum Gasteiger partial charge on any atom is -0.506 e. The highest BCUT2D eigenvalue weighted by molar-refractivity contribution is 9.10. The highest BCUT2D eigenvalue weighted by atomic mass is 79.9. The van der Waals surface area contributed by atoms with Crippen LogP contribution in [0.4, 0.5) is 0 Å². The summed E-state index contributed by atoms with van der Waals surface area (Å²) in [6, 6.07) is 3.02. The average molecular weight is 307 g/mol. The van der Waals surface area contributed by atoms with E-state index in [1.54, 1.807) is 0 Å². The Labute approximate surface area is 106 Å². The van der Waals surface area contributed by atoms with E-state index in [2.05, 4.69) is 15.9 Å². The van der Waals surface area contributed by atoms with E-state index >= 15 is 0 Å². The fraction of sp³-hybridized carbons (Fsp3) is 0.300. The van der Waals surface area contributed by atoms with Crippen LogP contribution in [0.25, 0.3) is 0 Å². The van der Waals surface area contributed by atoms with Crippen LogP contribution in [0.15, 0.2) is 16.6 Å². The van der Waals surface area contributed by atoms with Crippen LogP contribution in [0.5, 0.6) is 5.75 Å². The van der Waals surface area contributed by atoms with Crippen molar-refractivity contribution >= 4 is 33.4 Å². The first kappa shape index (κ1) is 11.7. The Morgan fingerprint density at radius 2 is 2.12 bits per heavy atom. The van der Waals surface area contributed by atoms with E-state index in [4.69, 9.17) is 16.7 Å². The first-order valence-corrected chi connectivity index (χ1v) is 5.81. The van der Waals surface area contributed by atoms with Gasteiger partial charge >= 0.3 is 0 Å². The number of aromatic hydroxyl groups is 1. The number of aliphatic hydroxyl groups excluding tert-OH is 1. The fourth-order valence-electron chi connectivity index (χ4n) is 1.52. The van der Waals surface area contributed by atoms with Crippen molar-refractivity contribution in [2.75, 3.05) is 13.1 Å². The molecule has 2 N–H and O–H groups in total. The largest absolute Gasteiger partial charge is 0.506 e. The SMILES string of the molecule is O=C(c1cc(Br)cc(Cl)c1O)N1CC(O)C1.